The van der Waals surface area contributed by atoms with Crippen molar-refractivity contribution >= 4 is 28.5 Å². The minimum absolute atomic E-state index is 0.0725. The Morgan fingerprint density at radius 3 is 2.75 bits per heavy atom. The van der Waals surface area contributed by atoms with Crippen molar-refractivity contribution in [3.8, 4) is 5.75 Å². The summed E-state index contributed by atoms with van der Waals surface area (Å²) < 4.78 is 33.9. The molecular weight excluding hydrogens is 566 g/mol. The number of benzene rings is 2. The summed E-state index contributed by atoms with van der Waals surface area (Å²) in [5.41, 5.74) is 3.48. The van der Waals surface area contributed by atoms with Gasteiger partial charge in [0.15, 0.2) is 17.3 Å². The molecule has 5 rings (SSSR count). The Balaban J connectivity index is 1.19. The van der Waals surface area contributed by atoms with Crippen LogP contribution in [0.3, 0.4) is 0 Å². The molecule has 44 heavy (non-hydrogen) atoms. The highest BCUT2D eigenvalue weighted by molar-refractivity contribution is 5.84. The lowest BCUT2D eigenvalue weighted by Crippen LogP contribution is -2.41. The molecule has 0 saturated carbocycles. The first kappa shape index (κ1) is 31.1. The number of rotatable bonds is 15. The van der Waals surface area contributed by atoms with E-state index in [1.807, 2.05) is 6.07 Å². The van der Waals surface area contributed by atoms with Gasteiger partial charge >= 0.3 is 5.82 Å². The van der Waals surface area contributed by atoms with Gasteiger partial charge in [0.05, 0.1) is 0 Å². The Bertz CT molecular complexity index is 1570. The van der Waals surface area contributed by atoms with Gasteiger partial charge in [-0.15, -0.1) is 0 Å². The first-order valence-corrected chi connectivity index (χ1v) is 15.2. The number of nitrogens with one attached hydrogen (secondary N) is 2. The molecule has 9 nitrogen and oxygen atoms in total. The van der Waals surface area contributed by atoms with E-state index in [1.54, 1.807) is 18.2 Å². The van der Waals surface area contributed by atoms with Crippen LogP contribution in [0.15, 0.2) is 60.8 Å². The van der Waals surface area contributed by atoms with Crippen LogP contribution < -0.4 is 20.1 Å². The molecule has 0 amide bonds. The molecule has 0 spiro atoms. The molecule has 1 aliphatic heterocycles. The maximum Gasteiger partial charge on any atom is 0.333 e. The average Bonchev–Trinajstić information content (AvgIpc) is 3.01. The van der Waals surface area contributed by atoms with Crippen molar-refractivity contribution in [2.45, 2.75) is 51.5 Å². The quantitative estimate of drug-likeness (QED) is 0.0994. The summed E-state index contributed by atoms with van der Waals surface area (Å²) in [5.74, 6) is -0.00953. The van der Waals surface area contributed by atoms with E-state index < -0.39 is 17.7 Å². The second-order valence-corrected chi connectivity index (χ2v) is 11.1. The largest absolute Gasteiger partial charge is 0.492 e. The summed E-state index contributed by atoms with van der Waals surface area (Å²) >= 11 is 0. The van der Waals surface area contributed by atoms with E-state index in [0.29, 0.717) is 36.4 Å². The summed E-state index contributed by atoms with van der Waals surface area (Å²) in [7, 11) is 0. The number of pyridine rings is 1. The monoisotopic (exact) mass is 605 g/mol. The molecule has 0 bridgehead atoms. The zero-order valence-electron chi connectivity index (χ0n) is 24.9. The van der Waals surface area contributed by atoms with E-state index in [0.717, 1.165) is 79.6 Å². The van der Waals surface area contributed by atoms with Gasteiger partial charge in [0.2, 0.25) is 0 Å². The van der Waals surface area contributed by atoms with Gasteiger partial charge in [0, 0.05) is 49.9 Å². The average molecular weight is 606 g/mol. The molecule has 0 saturated heterocycles. The van der Waals surface area contributed by atoms with Gasteiger partial charge in [-0.3, -0.25) is 15.0 Å². The van der Waals surface area contributed by atoms with Gasteiger partial charge in [-0.2, -0.15) is 0 Å². The summed E-state index contributed by atoms with van der Waals surface area (Å²) in [6.07, 6.45) is 6.83. The number of anilines is 2. The Labute approximate surface area is 255 Å². The first-order chi connectivity index (χ1) is 21.4. The van der Waals surface area contributed by atoms with Crippen LogP contribution in [0.25, 0.3) is 11.0 Å². The van der Waals surface area contributed by atoms with Gasteiger partial charge in [-0.1, -0.05) is 18.2 Å². The Hall–Kier alpha value is -4.38. The Morgan fingerprint density at radius 1 is 1.11 bits per heavy atom. The van der Waals surface area contributed by atoms with Crippen LogP contribution in [0.1, 0.15) is 43.9 Å². The third kappa shape index (κ3) is 8.37. The SMILES string of the molecule is CC(=O)[C@H](CCN(CCCCc1ccc2c(n1)NCCC2)CCOc1cc(F)cc(F)c1)Nc1cnc2ccccc2[n+]1O. The van der Waals surface area contributed by atoms with Crippen molar-refractivity contribution in [1.82, 2.24) is 14.9 Å². The number of fused-ring (bicyclic) bond motifs is 2. The minimum atomic E-state index is -0.692. The van der Waals surface area contributed by atoms with Gasteiger partial charge < -0.3 is 15.3 Å². The number of halogens is 2. The van der Waals surface area contributed by atoms with Crippen molar-refractivity contribution in [1.29, 1.82) is 0 Å². The molecular formula is C33H39F2N6O3+. The molecule has 3 heterocycles. The topological polar surface area (TPSA) is 103 Å². The minimum Gasteiger partial charge on any atom is -0.492 e. The third-order valence-corrected chi connectivity index (χ3v) is 7.83. The molecule has 1 aliphatic rings. The molecule has 1 atom stereocenters. The van der Waals surface area contributed by atoms with E-state index >= 15 is 0 Å². The first-order valence-electron chi connectivity index (χ1n) is 15.2. The standard InChI is InChI=1S/C33H38F2N6O3/c1-23(42)29(39-32-22-37-30-9-2-3-10-31(30)41(32)43)13-16-40(17-18-44-28-20-25(34)19-26(35)21-28)15-5-4-8-27-12-11-24-7-6-14-36-33(24)38-27/h2-3,9-12,19-22,29,43H,4-8,13-18H2,1H3,(H,36,38)/p+1/t29-/m0/s1. The molecule has 2 aromatic heterocycles. The molecule has 0 radical (unpaired) electrons. The molecule has 2 aromatic carbocycles. The second kappa shape index (κ2) is 14.9. The maximum absolute atomic E-state index is 13.6. The highest BCUT2D eigenvalue weighted by atomic mass is 19.1. The lowest BCUT2D eigenvalue weighted by molar-refractivity contribution is -0.873. The number of unbranched alkanes of at least 4 members (excludes halogenated alkanes) is 1. The number of ether oxygens (including phenoxy) is 1. The van der Waals surface area contributed by atoms with E-state index in [1.165, 1.54) is 18.7 Å². The van der Waals surface area contributed by atoms with Crippen molar-refractivity contribution in [3.63, 3.8) is 0 Å². The van der Waals surface area contributed by atoms with Crippen LogP contribution in [0.4, 0.5) is 20.4 Å². The van der Waals surface area contributed by atoms with E-state index in [4.69, 9.17) is 9.72 Å². The van der Waals surface area contributed by atoms with Crippen LogP contribution in [-0.4, -0.2) is 64.7 Å². The number of nitrogens with zero attached hydrogens (tertiary/aromatic N) is 4. The lowest BCUT2D eigenvalue weighted by atomic mass is 10.1. The lowest BCUT2D eigenvalue weighted by Gasteiger charge is -2.24. The number of Topliss-reactive ketones (excluding diaryl/α,β-unsaturated/α-hetero) is 1. The van der Waals surface area contributed by atoms with Crippen molar-refractivity contribution in [3.05, 3.63) is 83.7 Å². The fourth-order valence-corrected chi connectivity index (χ4v) is 5.42. The summed E-state index contributed by atoms with van der Waals surface area (Å²) in [6.45, 7) is 4.50. The van der Waals surface area contributed by atoms with Crippen molar-refractivity contribution in [2.24, 2.45) is 0 Å². The molecule has 0 fully saturated rings. The molecule has 0 aliphatic carbocycles. The van der Waals surface area contributed by atoms with Crippen LogP contribution >= 0.6 is 0 Å². The third-order valence-electron chi connectivity index (χ3n) is 7.83. The highest BCUT2D eigenvalue weighted by Crippen LogP contribution is 2.21. The normalized spacial score (nSPS) is 13.4. The fourth-order valence-electron chi connectivity index (χ4n) is 5.42. The number of para-hydroxylation sites is 2. The van der Waals surface area contributed by atoms with E-state index in [2.05, 4.69) is 32.7 Å². The number of carbonyl (C=O) groups is 1. The summed E-state index contributed by atoms with van der Waals surface area (Å²) in [5, 5.41) is 17.3. The zero-order chi connectivity index (χ0) is 30.9. The number of aryl methyl sites for hydroxylation is 2. The predicted octanol–water partition coefficient (Wildman–Crippen LogP) is 4.95. The van der Waals surface area contributed by atoms with Crippen LogP contribution in [0.2, 0.25) is 0 Å². The molecule has 11 heteroatoms. The Kier molecular flexibility index (Phi) is 10.5. The number of aromatic nitrogens is 3. The number of hydrogen-bond acceptors (Lipinski definition) is 8. The van der Waals surface area contributed by atoms with Gasteiger partial charge in [-0.05, 0) is 74.1 Å². The molecule has 3 N–H and O–H groups in total. The molecule has 0 unspecified atom stereocenters. The van der Waals surface area contributed by atoms with Gasteiger partial charge in [0.1, 0.15) is 41.5 Å². The number of ketones is 1. The summed E-state index contributed by atoms with van der Waals surface area (Å²) in [4.78, 5) is 24.0. The zero-order valence-corrected chi connectivity index (χ0v) is 24.9. The van der Waals surface area contributed by atoms with Crippen LogP contribution in [0, 0.1) is 11.6 Å². The second-order valence-electron chi connectivity index (χ2n) is 11.1. The van der Waals surface area contributed by atoms with E-state index in [9.17, 15) is 18.8 Å². The van der Waals surface area contributed by atoms with Crippen LogP contribution in [0.5, 0.6) is 5.75 Å². The number of hydrogen-bond donors (Lipinski definition) is 3. The van der Waals surface area contributed by atoms with Crippen molar-refractivity contribution in [2.75, 3.05) is 43.4 Å². The van der Waals surface area contributed by atoms with Crippen molar-refractivity contribution < 1.29 is 28.2 Å². The number of carbonyl (C=O) groups excluding carboxylic acids is 1. The molecule has 232 valence electrons. The molecule has 4 aromatic rings. The van der Waals surface area contributed by atoms with Gasteiger partial charge in [0.25, 0.3) is 0 Å². The van der Waals surface area contributed by atoms with E-state index in [-0.39, 0.29) is 18.1 Å². The maximum atomic E-state index is 13.6. The predicted molar refractivity (Wildman–Crippen MR) is 164 cm³/mol. The fraction of sp³-hybridized carbons (Fsp3) is 0.394. The Morgan fingerprint density at radius 2 is 1.93 bits per heavy atom. The smallest absolute Gasteiger partial charge is 0.333 e. The highest BCUT2D eigenvalue weighted by Gasteiger charge is 2.24. The van der Waals surface area contributed by atoms with Crippen LogP contribution in [-0.2, 0) is 17.6 Å². The summed E-state index contributed by atoms with van der Waals surface area (Å²) in [6, 6.07) is 14.0. The van der Waals surface area contributed by atoms with Gasteiger partial charge in [-0.25, -0.2) is 18.7 Å².